The Balaban J connectivity index is 1.68. The van der Waals surface area contributed by atoms with Gasteiger partial charge in [0, 0.05) is 12.3 Å². The molecule has 0 unspecified atom stereocenters. The van der Waals surface area contributed by atoms with Crippen LogP contribution in [-0.4, -0.2) is 42.6 Å². The average molecular weight is 557 g/mol. The molecule has 0 aromatic heterocycles. The van der Waals surface area contributed by atoms with E-state index in [9.17, 15) is 15.0 Å². The number of carbonyl (C=O) groups excluding carboxylic acids is 1. The number of ketones is 1. The summed E-state index contributed by atoms with van der Waals surface area (Å²) < 4.78 is 6.64. The van der Waals surface area contributed by atoms with Gasteiger partial charge in [-0.05, 0) is 105 Å². The maximum Gasteiger partial charge on any atom is 0.193 e. The quantitative estimate of drug-likeness (QED) is 0.188. The minimum absolute atomic E-state index is 0.0418. The summed E-state index contributed by atoms with van der Waals surface area (Å²) in [5.41, 5.74) is 4.53. The SMILES string of the molecule is C=C1/C(=C\C=C2/CCC[C@]3(C)C([C@H](C)CCC(=O)C(C)(C)O[Si](CC)(CC)CC)=CC[C@@H]23)C[C@@H](O)C[C@@H]1CO. The van der Waals surface area contributed by atoms with Crippen molar-refractivity contribution >= 4 is 14.1 Å². The number of rotatable bonds is 12. The molecule has 0 amide bonds. The van der Waals surface area contributed by atoms with Crippen molar-refractivity contribution in [1.82, 2.24) is 0 Å². The highest BCUT2D eigenvalue weighted by Crippen LogP contribution is 2.57. The Morgan fingerprint density at radius 1 is 1.26 bits per heavy atom. The second-order valence-electron chi connectivity index (χ2n) is 13.4. The van der Waals surface area contributed by atoms with Gasteiger partial charge >= 0.3 is 0 Å². The summed E-state index contributed by atoms with van der Waals surface area (Å²) in [4.78, 5) is 13.4. The Labute approximate surface area is 239 Å². The lowest BCUT2D eigenvalue weighted by Gasteiger charge is -2.43. The van der Waals surface area contributed by atoms with Crippen LogP contribution in [-0.2, 0) is 9.22 Å². The monoisotopic (exact) mass is 556 g/mol. The highest BCUT2D eigenvalue weighted by atomic mass is 28.4. The van der Waals surface area contributed by atoms with E-state index in [1.807, 2.05) is 13.8 Å². The Morgan fingerprint density at radius 2 is 1.92 bits per heavy atom. The van der Waals surface area contributed by atoms with Crippen LogP contribution in [0.25, 0.3) is 0 Å². The zero-order valence-electron chi connectivity index (χ0n) is 25.9. The lowest BCUT2D eigenvalue weighted by Crippen LogP contribution is -2.48. The number of carbonyl (C=O) groups is 1. The fourth-order valence-electron chi connectivity index (χ4n) is 7.75. The van der Waals surface area contributed by atoms with Gasteiger partial charge in [-0.25, -0.2) is 0 Å². The predicted molar refractivity (Wildman–Crippen MR) is 165 cm³/mol. The minimum Gasteiger partial charge on any atom is -0.405 e. The first-order valence-corrected chi connectivity index (χ1v) is 18.2. The van der Waals surface area contributed by atoms with Crippen LogP contribution < -0.4 is 0 Å². The molecule has 3 aliphatic carbocycles. The third-order valence-corrected chi connectivity index (χ3v) is 15.5. The van der Waals surface area contributed by atoms with Gasteiger partial charge in [-0.15, -0.1) is 0 Å². The van der Waals surface area contributed by atoms with E-state index in [1.165, 1.54) is 24.0 Å². The molecule has 3 aliphatic rings. The van der Waals surface area contributed by atoms with Gasteiger partial charge in [0.25, 0.3) is 0 Å². The van der Waals surface area contributed by atoms with Gasteiger partial charge in [0.15, 0.2) is 14.1 Å². The maximum atomic E-state index is 13.4. The number of hydrogen-bond acceptors (Lipinski definition) is 4. The molecule has 0 heterocycles. The summed E-state index contributed by atoms with van der Waals surface area (Å²) in [6.45, 7) is 19.7. The van der Waals surface area contributed by atoms with Crippen LogP contribution in [0.15, 0.2) is 47.1 Å². The second kappa shape index (κ2) is 13.1. The molecule has 0 saturated heterocycles. The molecule has 5 atom stereocenters. The molecule has 0 aliphatic heterocycles. The number of aliphatic hydroxyl groups excluding tert-OH is 2. The summed E-state index contributed by atoms with van der Waals surface area (Å²) in [5.74, 6) is 1.07. The molecule has 0 radical (unpaired) electrons. The predicted octanol–water partition coefficient (Wildman–Crippen LogP) is 8.08. The number of aliphatic hydroxyl groups is 2. The van der Waals surface area contributed by atoms with Crippen LogP contribution in [0.3, 0.4) is 0 Å². The Morgan fingerprint density at radius 3 is 2.54 bits per heavy atom. The highest BCUT2D eigenvalue weighted by Gasteiger charge is 2.46. The zero-order chi connectivity index (χ0) is 29.0. The largest absolute Gasteiger partial charge is 0.405 e. The Kier molecular flexibility index (Phi) is 10.9. The van der Waals surface area contributed by atoms with E-state index in [0.29, 0.717) is 31.1 Å². The minimum atomic E-state index is -1.85. The molecule has 2 N–H and O–H groups in total. The van der Waals surface area contributed by atoms with Crippen LogP contribution >= 0.6 is 0 Å². The summed E-state index contributed by atoms with van der Waals surface area (Å²) in [5, 5.41) is 20.0. The first-order chi connectivity index (χ1) is 18.4. The van der Waals surface area contributed by atoms with Gasteiger partial charge in [-0.3, -0.25) is 4.79 Å². The van der Waals surface area contributed by atoms with Crippen LogP contribution in [0.2, 0.25) is 18.1 Å². The summed E-state index contributed by atoms with van der Waals surface area (Å²) in [7, 11) is -1.85. The highest BCUT2D eigenvalue weighted by molar-refractivity contribution is 6.73. The van der Waals surface area contributed by atoms with Crippen molar-refractivity contribution in [2.24, 2.45) is 23.2 Å². The normalized spacial score (nSPS) is 30.9. The molecular weight excluding hydrogens is 500 g/mol. The third kappa shape index (κ3) is 6.97. The van der Waals surface area contributed by atoms with Crippen molar-refractivity contribution in [3.8, 4) is 0 Å². The summed E-state index contributed by atoms with van der Waals surface area (Å²) in [6.07, 6.45) is 13.7. The van der Waals surface area contributed by atoms with E-state index in [-0.39, 0.29) is 23.7 Å². The van der Waals surface area contributed by atoms with Crippen molar-refractivity contribution in [3.05, 3.63) is 47.1 Å². The molecule has 5 heteroatoms. The Bertz CT molecular complexity index is 977. The molecule has 0 bridgehead atoms. The first-order valence-electron chi connectivity index (χ1n) is 15.7. The number of Topliss-reactive ketones (excluding diaryl/α,β-unsaturated/α-hetero) is 1. The fraction of sp³-hybridized carbons (Fsp3) is 0.735. The van der Waals surface area contributed by atoms with Crippen LogP contribution in [0, 0.1) is 23.2 Å². The van der Waals surface area contributed by atoms with Crippen molar-refractivity contribution in [3.63, 3.8) is 0 Å². The Hall–Kier alpha value is -1.27. The van der Waals surface area contributed by atoms with Gasteiger partial charge in [0.2, 0.25) is 0 Å². The van der Waals surface area contributed by atoms with Crippen LogP contribution in [0.4, 0.5) is 0 Å². The number of fused-ring (bicyclic) bond motifs is 1. The second-order valence-corrected chi connectivity index (χ2v) is 18.1. The molecule has 0 aromatic carbocycles. The molecule has 39 heavy (non-hydrogen) atoms. The lowest BCUT2D eigenvalue weighted by molar-refractivity contribution is -0.132. The molecule has 0 aromatic rings. The summed E-state index contributed by atoms with van der Waals surface area (Å²) >= 11 is 0. The van der Waals surface area contributed by atoms with E-state index in [0.717, 1.165) is 48.5 Å². The molecular formula is C34H56O4Si. The zero-order valence-corrected chi connectivity index (χ0v) is 26.9. The molecule has 0 spiro atoms. The standard InChI is InChI=1S/C34H56O4Si/c1-9-39(10-2,11-3)38-33(6,7)32(37)19-14-24(4)30-17-18-31-26(13-12-20-34(30,31)8)15-16-27-21-29(36)22-28(23-35)25(27)5/h15-17,24,28-29,31,35-36H,5,9-14,18-23H2,1-4,6-8H3/b26-15+,27-16-/t24-,28-,29-,31+,34-/m1/s1. The van der Waals surface area contributed by atoms with E-state index >= 15 is 0 Å². The topological polar surface area (TPSA) is 66.8 Å². The van der Waals surface area contributed by atoms with Gasteiger partial charge in [0.05, 0.1) is 12.7 Å². The van der Waals surface area contributed by atoms with Crippen molar-refractivity contribution in [2.45, 2.75) is 130 Å². The van der Waals surface area contributed by atoms with E-state index in [1.54, 1.807) is 0 Å². The molecule has 4 nitrogen and oxygen atoms in total. The molecule has 3 rings (SSSR count). The molecule has 2 saturated carbocycles. The fourth-order valence-corrected chi connectivity index (χ4v) is 10.9. The van der Waals surface area contributed by atoms with Crippen molar-refractivity contribution in [2.75, 3.05) is 6.61 Å². The van der Waals surface area contributed by atoms with Crippen LogP contribution in [0.5, 0.6) is 0 Å². The van der Waals surface area contributed by atoms with Gasteiger partial charge in [-0.1, -0.05) is 70.6 Å². The van der Waals surface area contributed by atoms with E-state index in [4.69, 9.17) is 4.43 Å². The van der Waals surface area contributed by atoms with E-state index in [2.05, 4.69) is 59.4 Å². The van der Waals surface area contributed by atoms with E-state index < -0.39 is 20.0 Å². The van der Waals surface area contributed by atoms with Gasteiger partial charge < -0.3 is 14.6 Å². The maximum absolute atomic E-state index is 13.4. The molecule has 2 fully saturated rings. The smallest absolute Gasteiger partial charge is 0.193 e. The first kappa shape index (κ1) is 32.2. The number of allylic oxidation sites excluding steroid dienone is 5. The molecule has 220 valence electrons. The van der Waals surface area contributed by atoms with Gasteiger partial charge in [0.1, 0.15) is 5.60 Å². The average Bonchev–Trinajstić information content (AvgIpc) is 3.27. The van der Waals surface area contributed by atoms with Gasteiger partial charge in [-0.2, -0.15) is 0 Å². The van der Waals surface area contributed by atoms with Crippen molar-refractivity contribution < 1.29 is 19.4 Å². The lowest BCUT2D eigenvalue weighted by atomic mass is 9.62. The third-order valence-electron chi connectivity index (χ3n) is 10.7. The summed E-state index contributed by atoms with van der Waals surface area (Å²) in [6, 6.07) is 3.18. The van der Waals surface area contributed by atoms with Crippen molar-refractivity contribution in [1.29, 1.82) is 0 Å². The van der Waals surface area contributed by atoms with Crippen LogP contribution in [0.1, 0.15) is 99.8 Å². The number of hydrogen-bond donors (Lipinski definition) is 2.